The van der Waals surface area contributed by atoms with E-state index in [1.807, 2.05) is 18.2 Å². The van der Waals surface area contributed by atoms with Crippen molar-refractivity contribution in [3.05, 3.63) is 58.8 Å². The number of amides is 1. The average molecular weight is 379 g/mol. The maximum absolute atomic E-state index is 12.4. The minimum Gasteiger partial charge on any atom is -0.493 e. The van der Waals surface area contributed by atoms with Crippen LogP contribution in [-0.4, -0.2) is 26.7 Å². The molecule has 28 heavy (non-hydrogen) atoms. The molecule has 146 valence electrons. The summed E-state index contributed by atoms with van der Waals surface area (Å²) >= 11 is 0. The number of furan rings is 1. The number of carbonyl (C=O) groups excluding carboxylic acids is 1. The van der Waals surface area contributed by atoms with Crippen LogP contribution in [0.1, 0.15) is 28.7 Å². The molecule has 0 saturated carbocycles. The number of nitrogens with one attached hydrogen (secondary N) is 1. The third-order valence-electron chi connectivity index (χ3n) is 5.40. The van der Waals surface area contributed by atoms with Crippen LogP contribution in [-0.2, 0) is 30.5 Å². The molecule has 1 aliphatic rings. The number of benzene rings is 2. The number of methoxy groups -OCH3 is 2. The van der Waals surface area contributed by atoms with Crippen molar-refractivity contribution in [1.82, 2.24) is 5.32 Å². The van der Waals surface area contributed by atoms with Crippen molar-refractivity contribution in [2.45, 2.75) is 32.1 Å². The predicted octanol–water partition coefficient (Wildman–Crippen LogP) is 3.84. The van der Waals surface area contributed by atoms with E-state index in [1.165, 1.54) is 17.5 Å². The summed E-state index contributed by atoms with van der Waals surface area (Å²) in [5.41, 5.74) is 5.70. The third-order valence-corrected chi connectivity index (χ3v) is 5.40. The van der Waals surface area contributed by atoms with Crippen molar-refractivity contribution in [1.29, 1.82) is 0 Å². The number of rotatable bonds is 7. The Morgan fingerprint density at radius 1 is 1.07 bits per heavy atom. The quantitative estimate of drug-likeness (QED) is 0.678. The summed E-state index contributed by atoms with van der Waals surface area (Å²) in [6, 6.07) is 10.1. The third kappa shape index (κ3) is 3.70. The molecule has 0 spiro atoms. The van der Waals surface area contributed by atoms with Crippen LogP contribution in [0.4, 0.5) is 0 Å². The summed E-state index contributed by atoms with van der Waals surface area (Å²) in [6.45, 7) is 0.569. The SMILES string of the molecule is COc1ccc(CCNC(=O)Cc2coc3cc4c(cc23)CCC4)cc1OC. The van der Waals surface area contributed by atoms with E-state index in [9.17, 15) is 4.79 Å². The molecule has 4 rings (SSSR count). The van der Waals surface area contributed by atoms with Crippen molar-refractivity contribution < 1.29 is 18.7 Å². The van der Waals surface area contributed by atoms with Gasteiger partial charge < -0.3 is 19.2 Å². The van der Waals surface area contributed by atoms with Crippen molar-refractivity contribution in [2.75, 3.05) is 20.8 Å². The molecule has 0 bridgehead atoms. The highest BCUT2D eigenvalue weighted by molar-refractivity contribution is 5.88. The zero-order chi connectivity index (χ0) is 19.5. The average Bonchev–Trinajstić information content (AvgIpc) is 3.32. The first-order chi connectivity index (χ1) is 13.7. The van der Waals surface area contributed by atoms with E-state index in [0.717, 1.165) is 41.4 Å². The second-order valence-electron chi connectivity index (χ2n) is 7.20. The van der Waals surface area contributed by atoms with Gasteiger partial charge in [0, 0.05) is 17.5 Å². The highest BCUT2D eigenvalue weighted by atomic mass is 16.5. The fraction of sp³-hybridized carbons (Fsp3) is 0.348. The summed E-state index contributed by atoms with van der Waals surface area (Å²) in [6.07, 6.45) is 6.22. The summed E-state index contributed by atoms with van der Waals surface area (Å²) in [4.78, 5) is 12.4. The molecule has 5 nitrogen and oxygen atoms in total. The Bertz CT molecular complexity index is 1010. The topological polar surface area (TPSA) is 60.7 Å². The van der Waals surface area contributed by atoms with Gasteiger partial charge in [0.2, 0.25) is 5.91 Å². The lowest BCUT2D eigenvalue weighted by atomic mass is 10.0. The Morgan fingerprint density at radius 3 is 2.64 bits per heavy atom. The van der Waals surface area contributed by atoms with Gasteiger partial charge in [0.1, 0.15) is 5.58 Å². The minimum atomic E-state index is 0.00340. The number of aryl methyl sites for hydroxylation is 2. The van der Waals surface area contributed by atoms with Gasteiger partial charge in [-0.15, -0.1) is 0 Å². The number of fused-ring (bicyclic) bond motifs is 2. The first kappa shape index (κ1) is 18.4. The van der Waals surface area contributed by atoms with E-state index in [-0.39, 0.29) is 5.91 Å². The van der Waals surface area contributed by atoms with Crippen LogP contribution >= 0.6 is 0 Å². The Labute approximate surface area is 164 Å². The second-order valence-corrected chi connectivity index (χ2v) is 7.20. The molecule has 3 aromatic rings. The van der Waals surface area contributed by atoms with Crippen molar-refractivity contribution in [3.63, 3.8) is 0 Å². The Balaban J connectivity index is 1.36. The van der Waals surface area contributed by atoms with E-state index in [4.69, 9.17) is 13.9 Å². The molecule has 0 unspecified atom stereocenters. The van der Waals surface area contributed by atoms with Gasteiger partial charge >= 0.3 is 0 Å². The first-order valence-electron chi connectivity index (χ1n) is 9.67. The molecule has 0 radical (unpaired) electrons. The summed E-state index contributed by atoms with van der Waals surface area (Å²) < 4.78 is 16.3. The van der Waals surface area contributed by atoms with Gasteiger partial charge in [-0.25, -0.2) is 0 Å². The van der Waals surface area contributed by atoms with Crippen LogP contribution in [0.5, 0.6) is 11.5 Å². The van der Waals surface area contributed by atoms with Gasteiger partial charge in [-0.3, -0.25) is 4.79 Å². The summed E-state index contributed by atoms with van der Waals surface area (Å²) in [7, 11) is 3.24. The molecular formula is C23H25NO4. The van der Waals surface area contributed by atoms with E-state index in [1.54, 1.807) is 20.5 Å². The highest BCUT2D eigenvalue weighted by Gasteiger charge is 2.16. The number of hydrogen-bond acceptors (Lipinski definition) is 4. The lowest BCUT2D eigenvalue weighted by Crippen LogP contribution is -2.27. The molecule has 2 aromatic carbocycles. The Kier molecular flexibility index (Phi) is 5.24. The Morgan fingerprint density at radius 2 is 1.86 bits per heavy atom. The van der Waals surface area contributed by atoms with Crippen LogP contribution in [0, 0.1) is 0 Å². The zero-order valence-corrected chi connectivity index (χ0v) is 16.3. The van der Waals surface area contributed by atoms with Crippen LogP contribution in [0.2, 0.25) is 0 Å². The monoisotopic (exact) mass is 379 g/mol. The van der Waals surface area contributed by atoms with Crippen LogP contribution in [0.3, 0.4) is 0 Å². The normalized spacial score (nSPS) is 12.8. The fourth-order valence-electron chi connectivity index (χ4n) is 3.90. The number of ether oxygens (including phenoxy) is 2. The van der Waals surface area contributed by atoms with Gasteiger partial charge in [-0.05, 0) is 66.6 Å². The molecule has 0 saturated heterocycles. The Hall–Kier alpha value is -2.95. The smallest absolute Gasteiger partial charge is 0.224 e. The van der Waals surface area contributed by atoms with E-state index >= 15 is 0 Å². The molecule has 1 aromatic heterocycles. The molecule has 0 atom stereocenters. The maximum Gasteiger partial charge on any atom is 0.224 e. The van der Waals surface area contributed by atoms with E-state index in [2.05, 4.69) is 17.4 Å². The van der Waals surface area contributed by atoms with Gasteiger partial charge in [-0.2, -0.15) is 0 Å². The molecule has 1 amide bonds. The molecule has 5 heteroatoms. The molecule has 1 heterocycles. The molecular weight excluding hydrogens is 354 g/mol. The molecule has 1 N–H and O–H groups in total. The van der Waals surface area contributed by atoms with Crippen LogP contribution in [0.15, 0.2) is 41.0 Å². The maximum atomic E-state index is 12.4. The minimum absolute atomic E-state index is 0.00340. The van der Waals surface area contributed by atoms with Crippen molar-refractivity contribution >= 4 is 16.9 Å². The molecule has 1 aliphatic carbocycles. The number of hydrogen-bond donors (Lipinski definition) is 1. The van der Waals surface area contributed by atoms with Gasteiger partial charge in [0.05, 0.1) is 26.9 Å². The largest absolute Gasteiger partial charge is 0.493 e. The zero-order valence-electron chi connectivity index (χ0n) is 16.3. The predicted molar refractivity (Wildman–Crippen MR) is 108 cm³/mol. The first-order valence-corrected chi connectivity index (χ1v) is 9.67. The lowest BCUT2D eigenvalue weighted by molar-refractivity contribution is -0.120. The van der Waals surface area contributed by atoms with Crippen molar-refractivity contribution in [3.8, 4) is 11.5 Å². The summed E-state index contributed by atoms with van der Waals surface area (Å²) in [5, 5.41) is 4.07. The second kappa shape index (κ2) is 7.97. The van der Waals surface area contributed by atoms with Crippen LogP contribution < -0.4 is 14.8 Å². The fourth-order valence-corrected chi connectivity index (χ4v) is 3.90. The van der Waals surface area contributed by atoms with Crippen molar-refractivity contribution in [2.24, 2.45) is 0 Å². The molecule has 0 fully saturated rings. The van der Waals surface area contributed by atoms with Gasteiger partial charge in [0.15, 0.2) is 11.5 Å². The van der Waals surface area contributed by atoms with Gasteiger partial charge in [0.25, 0.3) is 0 Å². The molecule has 0 aliphatic heterocycles. The van der Waals surface area contributed by atoms with E-state index < -0.39 is 0 Å². The van der Waals surface area contributed by atoms with E-state index in [0.29, 0.717) is 24.5 Å². The standard InChI is InChI=1S/C23H25NO4/c1-26-20-7-6-15(10-22(20)27-2)8-9-24-23(25)13-18-14-28-21-12-17-5-3-4-16(17)11-19(18)21/h6-7,10-12,14H,3-5,8-9,13H2,1-2H3,(H,24,25). The number of carbonyl (C=O) groups is 1. The lowest BCUT2D eigenvalue weighted by Gasteiger charge is -2.10. The summed E-state index contributed by atoms with van der Waals surface area (Å²) in [5.74, 6) is 1.40. The highest BCUT2D eigenvalue weighted by Crippen LogP contribution is 2.30. The van der Waals surface area contributed by atoms with Crippen LogP contribution in [0.25, 0.3) is 11.0 Å². The van der Waals surface area contributed by atoms with Gasteiger partial charge in [-0.1, -0.05) is 6.07 Å².